The van der Waals surface area contributed by atoms with Crippen LogP contribution in [0.3, 0.4) is 0 Å². The number of piperazine rings is 1. The molecule has 2 aromatic carbocycles. The van der Waals surface area contributed by atoms with Crippen LogP contribution in [-0.4, -0.2) is 67.7 Å². The molecule has 6 nitrogen and oxygen atoms in total. The van der Waals surface area contributed by atoms with E-state index in [1.54, 1.807) is 16.4 Å². The highest BCUT2D eigenvalue weighted by Crippen LogP contribution is 2.28. The first-order valence-corrected chi connectivity index (χ1v) is 14.2. The number of benzene rings is 2. The Kier molecular flexibility index (Phi) is 7.69. The van der Waals surface area contributed by atoms with Gasteiger partial charge in [0.1, 0.15) is 0 Å². The van der Waals surface area contributed by atoms with Crippen molar-refractivity contribution >= 4 is 15.9 Å². The lowest BCUT2D eigenvalue weighted by atomic mass is 9.87. The molecule has 0 bridgehead atoms. The molecule has 0 atom stereocenters. The zero-order valence-corrected chi connectivity index (χ0v) is 22.4. The summed E-state index contributed by atoms with van der Waals surface area (Å²) in [6, 6.07) is 15.7. The second-order valence-electron chi connectivity index (χ2n) is 11.0. The van der Waals surface area contributed by atoms with Crippen molar-refractivity contribution < 1.29 is 13.2 Å². The number of carbonyl (C=O) groups is 1. The summed E-state index contributed by atoms with van der Waals surface area (Å²) in [6.07, 6.45) is 1.17. The molecular formula is C28H39N3O3S. The van der Waals surface area contributed by atoms with Crippen LogP contribution in [0.2, 0.25) is 0 Å². The average Bonchev–Trinajstić information content (AvgIpc) is 2.85. The summed E-state index contributed by atoms with van der Waals surface area (Å²) in [4.78, 5) is 17.9. The molecule has 190 valence electrons. The number of rotatable bonds is 5. The molecule has 2 saturated heterocycles. The third kappa shape index (κ3) is 5.96. The normalized spacial score (nSPS) is 19.1. The standard InChI is InChI=1S/C28H39N3O3S/c1-22-7-5-6-8-24(22)21-29-17-19-30(20-18-29)27(32)23-13-15-31(16-14-23)35(33,34)26-11-9-25(10-12-26)28(2,3)4/h5-12,23H,13-21H2,1-4H3. The van der Waals surface area contributed by atoms with E-state index < -0.39 is 10.0 Å². The van der Waals surface area contributed by atoms with Crippen molar-refractivity contribution in [3.8, 4) is 0 Å². The number of sulfonamides is 1. The van der Waals surface area contributed by atoms with Crippen LogP contribution in [-0.2, 0) is 26.8 Å². The van der Waals surface area contributed by atoms with Crippen LogP contribution in [0.15, 0.2) is 53.4 Å². The van der Waals surface area contributed by atoms with Gasteiger partial charge in [-0.3, -0.25) is 9.69 Å². The zero-order valence-electron chi connectivity index (χ0n) is 21.5. The lowest BCUT2D eigenvalue weighted by molar-refractivity contribution is -0.138. The average molecular weight is 498 g/mol. The third-order valence-electron chi connectivity index (χ3n) is 7.50. The Bertz CT molecular complexity index is 1120. The number of hydrogen-bond acceptors (Lipinski definition) is 4. The van der Waals surface area contributed by atoms with E-state index in [1.807, 2.05) is 17.0 Å². The molecule has 0 aliphatic carbocycles. The molecule has 1 amide bonds. The van der Waals surface area contributed by atoms with Crippen LogP contribution in [0.1, 0.15) is 50.3 Å². The lowest BCUT2D eigenvalue weighted by Crippen LogP contribution is -2.51. The minimum Gasteiger partial charge on any atom is -0.340 e. The molecule has 2 aliphatic heterocycles. The Hall–Kier alpha value is -2.22. The number of amides is 1. The maximum Gasteiger partial charge on any atom is 0.243 e. The minimum absolute atomic E-state index is 0.0209. The van der Waals surface area contributed by atoms with E-state index in [9.17, 15) is 13.2 Å². The van der Waals surface area contributed by atoms with Gasteiger partial charge in [-0.2, -0.15) is 4.31 Å². The van der Waals surface area contributed by atoms with E-state index in [0.29, 0.717) is 30.8 Å². The molecule has 2 aliphatic rings. The van der Waals surface area contributed by atoms with Gasteiger partial charge in [-0.1, -0.05) is 57.2 Å². The van der Waals surface area contributed by atoms with Crippen LogP contribution in [0.25, 0.3) is 0 Å². The molecule has 2 heterocycles. The van der Waals surface area contributed by atoms with Crippen molar-refractivity contribution in [2.24, 2.45) is 5.92 Å². The number of aryl methyl sites for hydroxylation is 1. The van der Waals surface area contributed by atoms with Gasteiger partial charge in [0, 0.05) is 51.7 Å². The smallest absolute Gasteiger partial charge is 0.243 e. The number of hydrogen-bond donors (Lipinski definition) is 0. The van der Waals surface area contributed by atoms with Crippen molar-refractivity contribution in [1.29, 1.82) is 0 Å². The molecule has 0 unspecified atom stereocenters. The Balaban J connectivity index is 1.28. The van der Waals surface area contributed by atoms with E-state index in [0.717, 1.165) is 38.3 Å². The maximum absolute atomic E-state index is 13.2. The first-order chi connectivity index (χ1) is 16.6. The van der Waals surface area contributed by atoms with Gasteiger partial charge in [0.15, 0.2) is 0 Å². The Labute approximate surface area is 211 Å². The molecule has 7 heteroatoms. The molecule has 0 radical (unpaired) electrons. The fraction of sp³-hybridized carbons (Fsp3) is 0.536. The van der Waals surface area contributed by atoms with Crippen molar-refractivity contribution in [2.45, 2.75) is 57.4 Å². The molecule has 2 fully saturated rings. The van der Waals surface area contributed by atoms with E-state index in [4.69, 9.17) is 0 Å². The summed E-state index contributed by atoms with van der Waals surface area (Å²) >= 11 is 0. The molecule has 0 N–H and O–H groups in total. The van der Waals surface area contributed by atoms with Gasteiger partial charge in [-0.15, -0.1) is 0 Å². The summed E-state index contributed by atoms with van der Waals surface area (Å²) in [5.41, 5.74) is 3.74. The monoisotopic (exact) mass is 497 g/mol. The molecule has 0 aromatic heterocycles. The van der Waals surface area contributed by atoms with Gasteiger partial charge in [0.25, 0.3) is 0 Å². The van der Waals surface area contributed by atoms with Gasteiger partial charge < -0.3 is 4.90 Å². The molecule has 4 rings (SSSR count). The first kappa shape index (κ1) is 25.9. The van der Waals surface area contributed by atoms with Crippen molar-refractivity contribution in [2.75, 3.05) is 39.3 Å². The van der Waals surface area contributed by atoms with Gasteiger partial charge in [-0.25, -0.2) is 8.42 Å². The van der Waals surface area contributed by atoms with E-state index >= 15 is 0 Å². The summed E-state index contributed by atoms with van der Waals surface area (Å²) in [5.74, 6) is 0.0970. The SMILES string of the molecule is Cc1ccccc1CN1CCN(C(=O)C2CCN(S(=O)(=O)c3ccc(C(C)(C)C)cc3)CC2)CC1. The number of carbonyl (C=O) groups excluding carboxylic acids is 1. The molecule has 0 saturated carbocycles. The van der Waals surface area contributed by atoms with Crippen molar-refractivity contribution in [3.63, 3.8) is 0 Å². The summed E-state index contributed by atoms with van der Waals surface area (Å²) in [6.45, 7) is 13.4. The zero-order chi connectivity index (χ0) is 25.2. The van der Waals surface area contributed by atoms with Crippen molar-refractivity contribution in [3.05, 3.63) is 65.2 Å². The van der Waals surface area contributed by atoms with E-state index in [-0.39, 0.29) is 17.2 Å². The number of piperidine rings is 1. The van der Waals surface area contributed by atoms with Gasteiger partial charge >= 0.3 is 0 Å². The summed E-state index contributed by atoms with van der Waals surface area (Å²) in [5, 5.41) is 0. The quantitative estimate of drug-likeness (QED) is 0.626. The van der Waals surface area contributed by atoms with Gasteiger partial charge in [-0.05, 0) is 54.0 Å². The Morgan fingerprint density at radius 3 is 2.06 bits per heavy atom. The van der Waals surface area contributed by atoms with Crippen LogP contribution >= 0.6 is 0 Å². The minimum atomic E-state index is -3.54. The summed E-state index contributed by atoms with van der Waals surface area (Å²) in [7, 11) is -3.54. The van der Waals surface area contributed by atoms with Crippen LogP contribution < -0.4 is 0 Å². The second kappa shape index (κ2) is 10.4. The van der Waals surface area contributed by atoms with Crippen LogP contribution in [0.4, 0.5) is 0 Å². The third-order valence-corrected chi connectivity index (χ3v) is 9.41. The summed E-state index contributed by atoms with van der Waals surface area (Å²) < 4.78 is 27.9. The molecule has 2 aromatic rings. The highest BCUT2D eigenvalue weighted by molar-refractivity contribution is 7.89. The second-order valence-corrected chi connectivity index (χ2v) is 12.9. The predicted molar refractivity (Wildman–Crippen MR) is 140 cm³/mol. The molecular weight excluding hydrogens is 458 g/mol. The van der Waals surface area contributed by atoms with E-state index in [2.05, 4.69) is 56.9 Å². The van der Waals surface area contributed by atoms with Crippen molar-refractivity contribution in [1.82, 2.24) is 14.1 Å². The number of nitrogens with zero attached hydrogens (tertiary/aromatic N) is 3. The Morgan fingerprint density at radius 2 is 1.49 bits per heavy atom. The fourth-order valence-electron chi connectivity index (χ4n) is 5.03. The van der Waals surface area contributed by atoms with Crippen LogP contribution in [0, 0.1) is 12.8 Å². The topological polar surface area (TPSA) is 60.9 Å². The van der Waals surface area contributed by atoms with Gasteiger partial charge in [0.2, 0.25) is 15.9 Å². The molecule has 0 spiro atoms. The predicted octanol–water partition coefficient (Wildman–Crippen LogP) is 4.04. The van der Waals surface area contributed by atoms with E-state index in [1.165, 1.54) is 11.1 Å². The molecule has 35 heavy (non-hydrogen) atoms. The maximum atomic E-state index is 13.2. The van der Waals surface area contributed by atoms with Crippen LogP contribution in [0.5, 0.6) is 0 Å². The highest BCUT2D eigenvalue weighted by Gasteiger charge is 2.34. The first-order valence-electron chi connectivity index (χ1n) is 12.7. The fourth-order valence-corrected chi connectivity index (χ4v) is 6.50. The van der Waals surface area contributed by atoms with Gasteiger partial charge in [0.05, 0.1) is 4.90 Å². The Morgan fingerprint density at radius 1 is 0.886 bits per heavy atom. The highest BCUT2D eigenvalue weighted by atomic mass is 32.2. The largest absolute Gasteiger partial charge is 0.340 e. The lowest BCUT2D eigenvalue weighted by Gasteiger charge is -2.38.